The zero-order chi connectivity index (χ0) is 11.8. The first kappa shape index (κ1) is 11.3. The number of nitrogens with one attached hydrogen (secondary N) is 1. The number of hydrogen-bond donors (Lipinski definition) is 1. The Balaban J connectivity index is 1.63. The van der Waals surface area contributed by atoms with E-state index in [1.54, 1.807) is 0 Å². The Morgan fingerprint density at radius 3 is 2.24 bits per heavy atom. The van der Waals surface area contributed by atoms with Gasteiger partial charge in [-0.1, -0.05) is 6.08 Å². The Labute approximate surface area is 104 Å². The average molecular weight is 233 g/mol. The number of rotatable bonds is 4. The molecule has 1 amide bonds. The highest BCUT2D eigenvalue weighted by Crippen LogP contribution is 2.56. The minimum atomic E-state index is 0.334. The molecule has 17 heavy (non-hydrogen) atoms. The molecule has 1 N–H and O–H groups in total. The summed E-state index contributed by atoms with van der Waals surface area (Å²) in [6.07, 6.45) is 9.52. The van der Waals surface area contributed by atoms with Gasteiger partial charge in [0.05, 0.1) is 0 Å². The minimum Gasteiger partial charge on any atom is -0.356 e. The summed E-state index contributed by atoms with van der Waals surface area (Å²) in [6, 6.07) is 0. The van der Waals surface area contributed by atoms with E-state index in [0.717, 1.165) is 24.8 Å². The number of amides is 1. The number of carbonyl (C=O) groups excluding carboxylic acids is 1. The molecule has 0 unspecified atom stereocenters. The van der Waals surface area contributed by atoms with Crippen LogP contribution in [0.3, 0.4) is 0 Å². The summed E-state index contributed by atoms with van der Waals surface area (Å²) in [5.74, 6) is 3.99. The quantitative estimate of drug-likeness (QED) is 0.587. The zero-order valence-electron chi connectivity index (χ0n) is 10.5. The third kappa shape index (κ3) is 2.02. The SMILES string of the molecule is C=CCCNC(=O)C1C2CC3CC(C2)CC1C3. The lowest BCUT2D eigenvalue weighted by Gasteiger charge is -2.53. The second kappa shape index (κ2) is 4.47. The number of carbonyl (C=O) groups is 1. The van der Waals surface area contributed by atoms with E-state index in [4.69, 9.17) is 0 Å². The van der Waals surface area contributed by atoms with E-state index >= 15 is 0 Å². The Morgan fingerprint density at radius 2 is 1.71 bits per heavy atom. The van der Waals surface area contributed by atoms with Crippen molar-refractivity contribution < 1.29 is 4.79 Å². The Bertz CT molecular complexity index is 295. The van der Waals surface area contributed by atoms with Crippen LogP contribution in [0.2, 0.25) is 0 Å². The summed E-state index contributed by atoms with van der Waals surface area (Å²) < 4.78 is 0. The molecule has 0 aromatic heterocycles. The summed E-state index contributed by atoms with van der Waals surface area (Å²) >= 11 is 0. The lowest BCUT2D eigenvalue weighted by molar-refractivity contribution is -0.138. The van der Waals surface area contributed by atoms with E-state index < -0.39 is 0 Å². The second-order valence-corrected chi connectivity index (χ2v) is 6.32. The highest BCUT2D eigenvalue weighted by Gasteiger charge is 2.50. The summed E-state index contributed by atoms with van der Waals surface area (Å²) in [7, 11) is 0. The van der Waals surface area contributed by atoms with E-state index in [2.05, 4.69) is 11.9 Å². The maximum atomic E-state index is 12.3. The van der Waals surface area contributed by atoms with Crippen molar-refractivity contribution >= 4 is 5.91 Å². The molecule has 94 valence electrons. The fraction of sp³-hybridized carbons (Fsp3) is 0.800. The second-order valence-electron chi connectivity index (χ2n) is 6.32. The van der Waals surface area contributed by atoms with Crippen LogP contribution in [-0.2, 0) is 4.79 Å². The van der Waals surface area contributed by atoms with Crippen LogP contribution >= 0.6 is 0 Å². The standard InChI is InChI=1S/C15H23NO/c1-2-3-4-16-15(17)14-12-6-10-5-11(8-12)9-13(14)7-10/h2,10-14H,1,3-9H2,(H,16,17). The normalized spacial score (nSPS) is 42.5. The topological polar surface area (TPSA) is 29.1 Å². The maximum Gasteiger partial charge on any atom is 0.223 e. The summed E-state index contributed by atoms with van der Waals surface area (Å²) in [6.45, 7) is 4.46. The van der Waals surface area contributed by atoms with Crippen LogP contribution in [0.4, 0.5) is 0 Å². The van der Waals surface area contributed by atoms with Gasteiger partial charge >= 0.3 is 0 Å². The molecular formula is C15H23NO. The Kier molecular flexibility index (Phi) is 2.97. The molecule has 4 saturated carbocycles. The van der Waals surface area contributed by atoms with Crippen LogP contribution in [0.15, 0.2) is 12.7 Å². The van der Waals surface area contributed by atoms with Crippen LogP contribution in [0.5, 0.6) is 0 Å². The molecule has 4 aliphatic rings. The van der Waals surface area contributed by atoms with E-state index in [9.17, 15) is 4.79 Å². The van der Waals surface area contributed by atoms with Crippen molar-refractivity contribution in [3.8, 4) is 0 Å². The first-order chi connectivity index (χ1) is 8.28. The molecule has 2 nitrogen and oxygen atoms in total. The molecule has 4 aliphatic carbocycles. The van der Waals surface area contributed by atoms with Gasteiger partial charge in [0.25, 0.3) is 0 Å². The number of hydrogen-bond acceptors (Lipinski definition) is 1. The highest BCUT2D eigenvalue weighted by atomic mass is 16.1. The molecule has 0 radical (unpaired) electrons. The summed E-state index contributed by atoms with van der Waals surface area (Å²) in [5, 5.41) is 3.10. The van der Waals surface area contributed by atoms with Crippen LogP contribution in [0, 0.1) is 29.6 Å². The van der Waals surface area contributed by atoms with Crippen molar-refractivity contribution in [2.75, 3.05) is 6.54 Å². The van der Waals surface area contributed by atoms with E-state index in [1.807, 2.05) is 6.08 Å². The Hall–Kier alpha value is -0.790. The van der Waals surface area contributed by atoms with E-state index in [1.165, 1.54) is 32.1 Å². The van der Waals surface area contributed by atoms with Gasteiger partial charge in [0, 0.05) is 12.5 Å². The van der Waals surface area contributed by atoms with Gasteiger partial charge in [-0.3, -0.25) is 4.79 Å². The maximum absolute atomic E-state index is 12.3. The fourth-order valence-electron chi connectivity index (χ4n) is 4.77. The first-order valence-electron chi connectivity index (χ1n) is 7.16. The first-order valence-corrected chi connectivity index (χ1v) is 7.16. The molecule has 0 aromatic rings. The Morgan fingerprint density at radius 1 is 1.12 bits per heavy atom. The predicted molar refractivity (Wildman–Crippen MR) is 68.4 cm³/mol. The van der Waals surface area contributed by atoms with Gasteiger partial charge in [0.2, 0.25) is 5.91 Å². The van der Waals surface area contributed by atoms with Crippen molar-refractivity contribution in [1.82, 2.24) is 5.32 Å². The predicted octanol–water partition coefficient (Wildman–Crippen LogP) is 2.75. The van der Waals surface area contributed by atoms with Crippen LogP contribution in [-0.4, -0.2) is 12.5 Å². The highest BCUT2D eigenvalue weighted by molar-refractivity contribution is 5.79. The van der Waals surface area contributed by atoms with Crippen molar-refractivity contribution in [3.63, 3.8) is 0 Å². The average Bonchev–Trinajstić information content (AvgIpc) is 2.27. The van der Waals surface area contributed by atoms with Gasteiger partial charge in [-0.15, -0.1) is 6.58 Å². The minimum absolute atomic E-state index is 0.334. The monoisotopic (exact) mass is 233 g/mol. The van der Waals surface area contributed by atoms with Gasteiger partial charge in [0.15, 0.2) is 0 Å². The molecule has 2 heteroatoms. The molecule has 0 saturated heterocycles. The van der Waals surface area contributed by atoms with Gasteiger partial charge < -0.3 is 5.32 Å². The van der Waals surface area contributed by atoms with E-state index in [0.29, 0.717) is 23.7 Å². The van der Waals surface area contributed by atoms with Crippen molar-refractivity contribution in [2.45, 2.75) is 38.5 Å². The van der Waals surface area contributed by atoms with E-state index in [-0.39, 0.29) is 0 Å². The van der Waals surface area contributed by atoms with Gasteiger partial charge in [-0.25, -0.2) is 0 Å². The van der Waals surface area contributed by atoms with Crippen molar-refractivity contribution in [1.29, 1.82) is 0 Å². The smallest absolute Gasteiger partial charge is 0.223 e. The third-order valence-electron chi connectivity index (χ3n) is 5.18. The third-order valence-corrected chi connectivity index (χ3v) is 5.18. The van der Waals surface area contributed by atoms with Crippen LogP contribution < -0.4 is 5.32 Å². The lowest BCUT2D eigenvalue weighted by Crippen LogP contribution is -2.51. The molecule has 0 aliphatic heterocycles. The van der Waals surface area contributed by atoms with Crippen molar-refractivity contribution in [3.05, 3.63) is 12.7 Å². The molecule has 0 spiro atoms. The van der Waals surface area contributed by atoms with Crippen molar-refractivity contribution in [2.24, 2.45) is 29.6 Å². The summed E-state index contributed by atoms with van der Waals surface area (Å²) in [4.78, 5) is 12.3. The molecule has 0 atom stereocenters. The van der Waals surface area contributed by atoms with Gasteiger partial charge in [-0.2, -0.15) is 0 Å². The molecule has 4 fully saturated rings. The van der Waals surface area contributed by atoms with Crippen LogP contribution in [0.25, 0.3) is 0 Å². The molecule has 4 bridgehead atoms. The van der Waals surface area contributed by atoms with Gasteiger partial charge in [-0.05, 0) is 62.2 Å². The zero-order valence-corrected chi connectivity index (χ0v) is 10.5. The molecular weight excluding hydrogens is 210 g/mol. The fourth-order valence-corrected chi connectivity index (χ4v) is 4.77. The lowest BCUT2D eigenvalue weighted by atomic mass is 9.51. The van der Waals surface area contributed by atoms with Crippen LogP contribution in [0.1, 0.15) is 38.5 Å². The molecule has 4 rings (SSSR count). The molecule has 0 aromatic carbocycles. The summed E-state index contributed by atoms with van der Waals surface area (Å²) in [5.41, 5.74) is 0. The van der Waals surface area contributed by atoms with Gasteiger partial charge in [0.1, 0.15) is 0 Å². The molecule has 0 heterocycles. The largest absolute Gasteiger partial charge is 0.356 e.